The van der Waals surface area contributed by atoms with Gasteiger partial charge in [-0.1, -0.05) is 24.3 Å². The van der Waals surface area contributed by atoms with Crippen molar-refractivity contribution in [2.45, 2.75) is 6.42 Å². The molecule has 0 aromatic heterocycles. The molecule has 1 heterocycles. The van der Waals surface area contributed by atoms with Gasteiger partial charge in [-0.05, 0) is 12.5 Å². The molecule has 2 aliphatic rings. The first-order valence-electron chi connectivity index (χ1n) is 4.83. The van der Waals surface area contributed by atoms with E-state index in [1.54, 1.807) is 0 Å². The second-order valence-electron chi connectivity index (χ2n) is 3.25. The van der Waals surface area contributed by atoms with Crippen LogP contribution in [0.1, 0.15) is 6.42 Å². The predicted molar refractivity (Wildman–Crippen MR) is 53.4 cm³/mol. The molecule has 2 heteroatoms. The van der Waals surface area contributed by atoms with Crippen molar-refractivity contribution in [2.75, 3.05) is 26.3 Å². The van der Waals surface area contributed by atoms with Gasteiger partial charge in [-0.3, -0.25) is 0 Å². The number of ether oxygens (including phenoxy) is 1. The highest BCUT2D eigenvalue weighted by atomic mass is 16.5. The van der Waals surface area contributed by atoms with Crippen LogP contribution in [0.2, 0.25) is 0 Å². The van der Waals surface area contributed by atoms with Crippen LogP contribution in [0.5, 0.6) is 0 Å². The number of rotatable bonds is 1. The minimum Gasteiger partial charge on any atom is -0.378 e. The van der Waals surface area contributed by atoms with Crippen LogP contribution in [0.3, 0.4) is 0 Å². The normalized spacial score (nSPS) is 22.8. The third kappa shape index (κ3) is 2.22. The van der Waals surface area contributed by atoms with E-state index in [9.17, 15) is 0 Å². The van der Waals surface area contributed by atoms with Crippen molar-refractivity contribution in [3.63, 3.8) is 0 Å². The molecule has 70 valence electrons. The SMILES string of the molecule is C1=CCC=C(N2CCOCC2)C=C1. The summed E-state index contributed by atoms with van der Waals surface area (Å²) in [5.41, 5.74) is 1.34. The van der Waals surface area contributed by atoms with Gasteiger partial charge in [0.05, 0.1) is 13.2 Å². The Morgan fingerprint density at radius 3 is 2.85 bits per heavy atom. The van der Waals surface area contributed by atoms with Crippen molar-refractivity contribution >= 4 is 0 Å². The molecule has 1 aliphatic carbocycles. The van der Waals surface area contributed by atoms with Crippen LogP contribution in [0.4, 0.5) is 0 Å². The van der Waals surface area contributed by atoms with Gasteiger partial charge in [0, 0.05) is 18.8 Å². The lowest BCUT2D eigenvalue weighted by Crippen LogP contribution is -2.35. The maximum atomic E-state index is 5.31. The largest absolute Gasteiger partial charge is 0.378 e. The Bertz CT molecular complexity index is 247. The summed E-state index contributed by atoms with van der Waals surface area (Å²) in [7, 11) is 0. The van der Waals surface area contributed by atoms with E-state index in [1.807, 2.05) is 0 Å². The molecular formula is C11H15NO. The second-order valence-corrected chi connectivity index (χ2v) is 3.25. The van der Waals surface area contributed by atoms with Crippen molar-refractivity contribution in [3.05, 3.63) is 36.1 Å². The highest BCUT2D eigenvalue weighted by Gasteiger charge is 2.11. The van der Waals surface area contributed by atoms with Crippen molar-refractivity contribution < 1.29 is 4.74 Å². The van der Waals surface area contributed by atoms with Gasteiger partial charge < -0.3 is 9.64 Å². The number of allylic oxidation sites excluding steroid dienone is 5. The monoisotopic (exact) mass is 177 g/mol. The van der Waals surface area contributed by atoms with Crippen LogP contribution in [-0.2, 0) is 4.74 Å². The number of morpholine rings is 1. The van der Waals surface area contributed by atoms with E-state index in [4.69, 9.17) is 4.74 Å². The van der Waals surface area contributed by atoms with Gasteiger partial charge in [0.1, 0.15) is 0 Å². The fraction of sp³-hybridized carbons (Fsp3) is 0.455. The van der Waals surface area contributed by atoms with Gasteiger partial charge in [-0.25, -0.2) is 0 Å². The summed E-state index contributed by atoms with van der Waals surface area (Å²) in [6.45, 7) is 3.77. The summed E-state index contributed by atoms with van der Waals surface area (Å²) in [5, 5.41) is 0. The molecule has 0 unspecified atom stereocenters. The molecule has 2 nitrogen and oxygen atoms in total. The number of hydrogen-bond acceptors (Lipinski definition) is 2. The van der Waals surface area contributed by atoms with Crippen LogP contribution in [0, 0.1) is 0 Å². The van der Waals surface area contributed by atoms with E-state index >= 15 is 0 Å². The zero-order valence-corrected chi connectivity index (χ0v) is 7.78. The summed E-state index contributed by atoms with van der Waals surface area (Å²) in [6.07, 6.45) is 11.9. The molecule has 1 aliphatic heterocycles. The molecule has 1 fully saturated rings. The molecule has 13 heavy (non-hydrogen) atoms. The van der Waals surface area contributed by atoms with Gasteiger partial charge in [0.15, 0.2) is 0 Å². The maximum Gasteiger partial charge on any atom is 0.0642 e. The Balaban J connectivity index is 2.02. The molecule has 0 spiro atoms. The Hall–Kier alpha value is -1.02. The van der Waals surface area contributed by atoms with Gasteiger partial charge >= 0.3 is 0 Å². The molecule has 2 rings (SSSR count). The van der Waals surface area contributed by atoms with E-state index in [0.717, 1.165) is 32.7 Å². The van der Waals surface area contributed by atoms with Crippen LogP contribution < -0.4 is 0 Å². The van der Waals surface area contributed by atoms with Gasteiger partial charge in [-0.15, -0.1) is 0 Å². The lowest BCUT2D eigenvalue weighted by Gasteiger charge is -2.29. The highest BCUT2D eigenvalue weighted by Crippen LogP contribution is 2.12. The molecular weight excluding hydrogens is 162 g/mol. The van der Waals surface area contributed by atoms with Crippen LogP contribution in [0.25, 0.3) is 0 Å². The lowest BCUT2D eigenvalue weighted by atomic mass is 10.3. The first-order chi connectivity index (χ1) is 6.47. The summed E-state index contributed by atoms with van der Waals surface area (Å²) in [4.78, 5) is 2.38. The maximum absolute atomic E-state index is 5.31. The fourth-order valence-corrected chi connectivity index (χ4v) is 1.62. The molecule has 0 radical (unpaired) electrons. The van der Waals surface area contributed by atoms with Crippen LogP contribution in [0.15, 0.2) is 36.1 Å². The Labute approximate surface area is 79.2 Å². The minimum atomic E-state index is 0.860. The molecule has 0 atom stereocenters. The molecule has 0 N–H and O–H groups in total. The van der Waals surface area contributed by atoms with Crippen molar-refractivity contribution in [2.24, 2.45) is 0 Å². The predicted octanol–water partition coefficient (Wildman–Crippen LogP) is 1.72. The zero-order chi connectivity index (χ0) is 8.93. The van der Waals surface area contributed by atoms with Crippen LogP contribution in [-0.4, -0.2) is 31.2 Å². The molecule has 0 saturated carbocycles. The Morgan fingerprint density at radius 2 is 2.00 bits per heavy atom. The summed E-state index contributed by atoms with van der Waals surface area (Å²) >= 11 is 0. The van der Waals surface area contributed by atoms with Gasteiger partial charge in [-0.2, -0.15) is 0 Å². The zero-order valence-electron chi connectivity index (χ0n) is 7.78. The topological polar surface area (TPSA) is 12.5 Å². The van der Waals surface area contributed by atoms with Crippen molar-refractivity contribution in [1.29, 1.82) is 0 Å². The number of hydrogen-bond donors (Lipinski definition) is 0. The van der Waals surface area contributed by atoms with E-state index in [2.05, 4.69) is 35.3 Å². The Kier molecular flexibility index (Phi) is 2.82. The van der Waals surface area contributed by atoms with Gasteiger partial charge in [0.2, 0.25) is 0 Å². The second kappa shape index (κ2) is 4.28. The molecule has 0 aromatic carbocycles. The fourth-order valence-electron chi connectivity index (χ4n) is 1.62. The summed E-state index contributed by atoms with van der Waals surface area (Å²) < 4.78 is 5.31. The lowest BCUT2D eigenvalue weighted by molar-refractivity contribution is 0.0553. The molecule has 0 amide bonds. The van der Waals surface area contributed by atoms with E-state index in [0.29, 0.717) is 0 Å². The Morgan fingerprint density at radius 1 is 1.15 bits per heavy atom. The third-order valence-corrected chi connectivity index (χ3v) is 2.35. The van der Waals surface area contributed by atoms with Crippen molar-refractivity contribution in [3.8, 4) is 0 Å². The van der Waals surface area contributed by atoms with Crippen molar-refractivity contribution in [1.82, 2.24) is 4.90 Å². The summed E-state index contributed by atoms with van der Waals surface area (Å²) in [6, 6.07) is 0. The first kappa shape index (κ1) is 8.57. The standard InChI is InChI=1S/C11H15NO/c1-2-4-6-11(5-3-1)12-7-9-13-10-8-12/h1-3,5-6H,4,7-10H2. The van der Waals surface area contributed by atoms with Crippen LogP contribution >= 0.6 is 0 Å². The molecule has 1 saturated heterocycles. The van der Waals surface area contributed by atoms with E-state index in [1.165, 1.54) is 5.70 Å². The first-order valence-corrected chi connectivity index (χ1v) is 4.83. The quantitative estimate of drug-likeness (QED) is 0.604. The average Bonchev–Trinajstić information content (AvgIpc) is 2.47. The molecule has 0 aromatic rings. The average molecular weight is 177 g/mol. The van der Waals surface area contributed by atoms with E-state index < -0.39 is 0 Å². The smallest absolute Gasteiger partial charge is 0.0642 e. The van der Waals surface area contributed by atoms with E-state index in [-0.39, 0.29) is 0 Å². The van der Waals surface area contributed by atoms with Gasteiger partial charge in [0.25, 0.3) is 0 Å². The minimum absolute atomic E-state index is 0.860. The summed E-state index contributed by atoms with van der Waals surface area (Å²) in [5.74, 6) is 0. The molecule has 0 bridgehead atoms. The number of nitrogens with zero attached hydrogens (tertiary/aromatic N) is 1. The third-order valence-electron chi connectivity index (χ3n) is 2.35. The highest BCUT2D eigenvalue weighted by molar-refractivity contribution is 5.25.